The van der Waals surface area contributed by atoms with E-state index in [1.54, 1.807) is 18.2 Å². The number of hydrogen-bond donors (Lipinski definition) is 0. The number of aromatic nitrogens is 1. The first-order valence-electron chi connectivity index (χ1n) is 3.13. The van der Waals surface area contributed by atoms with E-state index in [1.807, 2.05) is 6.07 Å². The van der Waals surface area contributed by atoms with Gasteiger partial charge in [-0.1, -0.05) is 0 Å². The maximum atomic E-state index is 8.55. The van der Waals surface area contributed by atoms with Crippen LogP contribution >= 0.6 is 0 Å². The van der Waals surface area contributed by atoms with Crippen molar-refractivity contribution in [3.05, 3.63) is 29.6 Å². The van der Waals surface area contributed by atoms with Crippen LogP contribution in [0.25, 0.3) is 0 Å². The predicted molar refractivity (Wildman–Crippen MR) is 41.4 cm³/mol. The van der Waals surface area contributed by atoms with E-state index in [1.165, 1.54) is 6.20 Å². The van der Waals surface area contributed by atoms with Crippen LogP contribution in [-0.4, -0.2) is 4.98 Å². The fourth-order valence-corrected chi connectivity index (χ4v) is 0.691. The van der Waals surface area contributed by atoms with Gasteiger partial charge in [0, 0.05) is 12.1 Å². The third kappa shape index (κ3) is 1.59. The summed E-state index contributed by atoms with van der Waals surface area (Å²) in [6.45, 7) is 0. The number of rotatable bonds is 0. The van der Waals surface area contributed by atoms with Crippen LogP contribution in [0.4, 0.5) is 0 Å². The van der Waals surface area contributed by atoms with Gasteiger partial charge < -0.3 is 0 Å². The fourth-order valence-electron chi connectivity index (χ4n) is 0.691. The molecule has 0 N–H and O–H groups in total. The van der Waals surface area contributed by atoms with Crippen molar-refractivity contribution < 1.29 is 0 Å². The van der Waals surface area contributed by atoms with Crippen molar-refractivity contribution >= 4 is 0 Å². The molecule has 1 aromatic heterocycles. The molecule has 0 bridgehead atoms. The normalized spacial score (nSPS) is 7.17. The maximum Gasteiger partial charge on any atom is 0.156 e. The Hall–Kier alpha value is -2.31. The Labute approximate surface area is 69.9 Å². The fraction of sp³-hybridized carbons (Fsp3) is 0. The van der Waals surface area contributed by atoms with Crippen LogP contribution in [0.1, 0.15) is 11.3 Å². The van der Waals surface area contributed by atoms with Gasteiger partial charge in [0.25, 0.3) is 0 Å². The van der Waals surface area contributed by atoms with Crippen molar-refractivity contribution in [2.75, 3.05) is 0 Å². The lowest BCUT2D eigenvalue weighted by molar-refractivity contribution is 1.25. The van der Waals surface area contributed by atoms with Gasteiger partial charge in [0.1, 0.15) is 6.07 Å². The molecule has 3 heteroatoms. The van der Waals surface area contributed by atoms with Crippen LogP contribution in [0.15, 0.2) is 18.3 Å². The number of nitrogens with zero attached hydrogens (tertiary/aromatic N) is 3. The Morgan fingerprint density at radius 2 is 2.17 bits per heavy atom. The van der Waals surface area contributed by atoms with Crippen molar-refractivity contribution in [3.63, 3.8) is 0 Å². The highest BCUT2D eigenvalue weighted by Gasteiger charge is 1.96. The Morgan fingerprint density at radius 1 is 1.33 bits per heavy atom. The minimum absolute atomic E-state index is 0.250. The molecule has 0 atom stereocenters. The van der Waals surface area contributed by atoms with Crippen molar-refractivity contribution in [1.82, 2.24) is 4.98 Å². The molecule has 0 spiro atoms. The minimum Gasteiger partial charge on any atom is -0.244 e. The van der Waals surface area contributed by atoms with E-state index >= 15 is 0 Å². The SMILES string of the molecule is N#CC#Cc1cccnc1C#N. The second-order valence-corrected chi connectivity index (χ2v) is 1.87. The highest BCUT2D eigenvalue weighted by Crippen LogP contribution is 2.00. The van der Waals surface area contributed by atoms with Crippen LogP contribution < -0.4 is 0 Å². The largest absolute Gasteiger partial charge is 0.244 e. The molecule has 0 amide bonds. The van der Waals surface area contributed by atoms with Crippen LogP contribution in [0.3, 0.4) is 0 Å². The highest BCUT2D eigenvalue weighted by atomic mass is 14.7. The van der Waals surface area contributed by atoms with Gasteiger partial charge in [-0.15, -0.1) is 0 Å². The number of nitriles is 2. The van der Waals surface area contributed by atoms with Crippen LogP contribution in [0.2, 0.25) is 0 Å². The van der Waals surface area contributed by atoms with E-state index in [9.17, 15) is 0 Å². The first kappa shape index (κ1) is 7.79. The lowest BCUT2D eigenvalue weighted by atomic mass is 10.2. The molecule has 1 rings (SSSR count). The molecule has 1 aromatic rings. The molecular weight excluding hydrogens is 150 g/mol. The molecule has 0 saturated heterocycles. The Bertz CT molecular complexity index is 424. The van der Waals surface area contributed by atoms with E-state index in [-0.39, 0.29) is 5.69 Å². The zero-order valence-corrected chi connectivity index (χ0v) is 6.07. The van der Waals surface area contributed by atoms with Gasteiger partial charge in [-0.2, -0.15) is 10.5 Å². The summed E-state index contributed by atoms with van der Waals surface area (Å²) in [5.74, 6) is 4.72. The smallest absolute Gasteiger partial charge is 0.156 e. The topological polar surface area (TPSA) is 60.5 Å². The molecule has 0 radical (unpaired) electrons. The van der Waals surface area contributed by atoms with Gasteiger partial charge in [-0.3, -0.25) is 0 Å². The van der Waals surface area contributed by atoms with E-state index in [0.29, 0.717) is 5.56 Å². The summed E-state index contributed by atoms with van der Waals surface area (Å²) in [7, 11) is 0. The summed E-state index contributed by atoms with van der Waals surface area (Å²) < 4.78 is 0. The summed E-state index contributed by atoms with van der Waals surface area (Å²) in [6.07, 6.45) is 1.51. The minimum atomic E-state index is 0.250. The van der Waals surface area contributed by atoms with Crippen LogP contribution in [0, 0.1) is 34.5 Å². The van der Waals surface area contributed by atoms with Gasteiger partial charge in [0.05, 0.1) is 5.56 Å². The van der Waals surface area contributed by atoms with Gasteiger partial charge in [0.15, 0.2) is 11.8 Å². The third-order valence-electron chi connectivity index (χ3n) is 1.17. The Kier molecular flexibility index (Phi) is 2.44. The summed E-state index contributed by atoms with van der Waals surface area (Å²) in [4.78, 5) is 3.78. The number of hydrogen-bond acceptors (Lipinski definition) is 3. The zero-order chi connectivity index (χ0) is 8.81. The lowest BCUT2D eigenvalue weighted by Crippen LogP contribution is -1.86. The van der Waals surface area contributed by atoms with Crippen LogP contribution in [-0.2, 0) is 0 Å². The Balaban J connectivity index is 3.18. The summed E-state index contributed by atoms with van der Waals surface area (Å²) >= 11 is 0. The molecule has 0 fully saturated rings. The first-order valence-corrected chi connectivity index (χ1v) is 3.13. The molecule has 12 heavy (non-hydrogen) atoms. The molecule has 1 heterocycles. The second-order valence-electron chi connectivity index (χ2n) is 1.87. The summed E-state index contributed by atoms with van der Waals surface area (Å²) in [6, 6.07) is 6.87. The molecular formula is C9H3N3. The lowest BCUT2D eigenvalue weighted by Gasteiger charge is -1.89. The van der Waals surface area contributed by atoms with Crippen LogP contribution in [0.5, 0.6) is 0 Å². The monoisotopic (exact) mass is 153 g/mol. The quantitative estimate of drug-likeness (QED) is 0.518. The molecule has 3 nitrogen and oxygen atoms in total. The average Bonchev–Trinajstić information content (AvgIpc) is 2.15. The van der Waals surface area contributed by atoms with Crippen molar-refractivity contribution in [1.29, 1.82) is 10.5 Å². The summed E-state index contributed by atoms with van der Waals surface area (Å²) in [5, 5.41) is 16.7. The van der Waals surface area contributed by atoms with Crippen molar-refractivity contribution in [2.24, 2.45) is 0 Å². The molecule has 0 aromatic carbocycles. The Morgan fingerprint density at radius 3 is 2.83 bits per heavy atom. The van der Waals surface area contributed by atoms with Crippen molar-refractivity contribution in [2.45, 2.75) is 0 Å². The number of pyridine rings is 1. The molecule has 0 aliphatic carbocycles. The zero-order valence-electron chi connectivity index (χ0n) is 6.07. The molecule has 0 unspecified atom stereocenters. The van der Waals surface area contributed by atoms with Gasteiger partial charge in [0.2, 0.25) is 0 Å². The molecule has 0 aliphatic heterocycles. The van der Waals surface area contributed by atoms with Gasteiger partial charge in [-0.05, 0) is 18.1 Å². The van der Waals surface area contributed by atoms with E-state index in [0.717, 1.165) is 0 Å². The summed E-state index contributed by atoms with van der Waals surface area (Å²) in [5.41, 5.74) is 0.738. The first-order chi connectivity index (χ1) is 5.88. The van der Waals surface area contributed by atoms with Gasteiger partial charge in [-0.25, -0.2) is 4.98 Å². The molecule has 0 saturated carbocycles. The highest BCUT2D eigenvalue weighted by molar-refractivity contribution is 5.45. The second kappa shape index (κ2) is 3.76. The van der Waals surface area contributed by atoms with E-state index in [4.69, 9.17) is 10.5 Å². The van der Waals surface area contributed by atoms with Crippen molar-refractivity contribution in [3.8, 4) is 24.0 Å². The van der Waals surface area contributed by atoms with Gasteiger partial charge >= 0.3 is 0 Å². The standard InChI is InChI=1S/C9H3N3/c10-5-1-3-8-4-2-6-12-9(8)7-11/h2,4,6H. The molecule has 0 aliphatic rings. The van der Waals surface area contributed by atoms with E-state index in [2.05, 4.69) is 16.8 Å². The predicted octanol–water partition coefficient (Wildman–Crippen LogP) is 0.828. The maximum absolute atomic E-state index is 8.55. The van der Waals surface area contributed by atoms with E-state index < -0.39 is 0 Å². The third-order valence-corrected chi connectivity index (χ3v) is 1.17. The molecule has 54 valence electrons. The average molecular weight is 153 g/mol.